The molecule has 1 saturated heterocycles. The van der Waals surface area contributed by atoms with Crippen LogP contribution in [-0.4, -0.2) is 65.4 Å². The van der Waals surface area contributed by atoms with Crippen molar-refractivity contribution < 1.29 is 13.2 Å². The number of benzene rings is 1. The van der Waals surface area contributed by atoms with Gasteiger partial charge < -0.3 is 15.4 Å². The highest BCUT2D eigenvalue weighted by Crippen LogP contribution is 2.37. The van der Waals surface area contributed by atoms with E-state index in [1.165, 1.54) is 18.6 Å². The maximum Gasteiger partial charge on any atom is 0.151 e. The smallest absolute Gasteiger partial charge is 0.151 e. The van der Waals surface area contributed by atoms with Gasteiger partial charge in [-0.1, -0.05) is 23.2 Å². The van der Waals surface area contributed by atoms with Gasteiger partial charge in [-0.05, 0) is 43.7 Å². The molecule has 1 aliphatic rings. The summed E-state index contributed by atoms with van der Waals surface area (Å²) in [6.07, 6.45) is 4.45. The van der Waals surface area contributed by atoms with Crippen molar-refractivity contribution in [2.45, 2.75) is 19.4 Å². The predicted octanol–water partition coefficient (Wildman–Crippen LogP) is 4.06. The number of fused-ring (bicyclic) bond motifs is 1. The van der Waals surface area contributed by atoms with Crippen LogP contribution in [-0.2, 0) is 9.84 Å². The fourth-order valence-electron chi connectivity index (χ4n) is 4.67. The first-order chi connectivity index (χ1) is 18.1. The number of nitrogens with two attached hydrogens (primary N) is 1. The zero-order valence-electron chi connectivity index (χ0n) is 20.9. The van der Waals surface area contributed by atoms with Crippen molar-refractivity contribution in [1.82, 2.24) is 25.4 Å². The Balaban J connectivity index is 1.32. The van der Waals surface area contributed by atoms with Crippen molar-refractivity contribution in [3.8, 4) is 17.1 Å². The number of aromatic amines is 1. The van der Waals surface area contributed by atoms with Crippen molar-refractivity contribution in [3.05, 3.63) is 58.3 Å². The van der Waals surface area contributed by atoms with Gasteiger partial charge in [0.25, 0.3) is 0 Å². The molecule has 5 rings (SSSR count). The summed E-state index contributed by atoms with van der Waals surface area (Å²) in [5.74, 6) is 1.46. The Morgan fingerprint density at radius 1 is 1.16 bits per heavy atom. The van der Waals surface area contributed by atoms with Crippen LogP contribution < -0.4 is 15.4 Å². The first-order valence-corrected chi connectivity index (χ1v) is 14.8. The number of H-pyrrole nitrogens is 1. The van der Waals surface area contributed by atoms with Gasteiger partial charge in [0.15, 0.2) is 5.82 Å². The van der Waals surface area contributed by atoms with Crippen LogP contribution in [0, 0.1) is 5.41 Å². The monoisotopic (exact) mass is 575 g/mol. The number of anilines is 1. The van der Waals surface area contributed by atoms with Gasteiger partial charge in [0.05, 0.1) is 21.3 Å². The summed E-state index contributed by atoms with van der Waals surface area (Å²) in [4.78, 5) is 6.05. The van der Waals surface area contributed by atoms with E-state index in [0.29, 0.717) is 64.6 Å². The second kappa shape index (κ2) is 10.3. The summed E-state index contributed by atoms with van der Waals surface area (Å²) in [5.41, 5.74) is 8.49. The molecule has 3 aromatic heterocycles. The van der Waals surface area contributed by atoms with E-state index in [2.05, 4.69) is 30.3 Å². The molecule has 38 heavy (non-hydrogen) atoms. The number of nitrogens with one attached hydrogen (secondary N) is 1. The van der Waals surface area contributed by atoms with Crippen LogP contribution >= 0.6 is 23.2 Å². The molecule has 0 unspecified atom stereocenters. The topological polar surface area (TPSA) is 140 Å². The average molecular weight is 577 g/mol. The maximum atomic E-state index is 11.6. The van der Waals surface area contributed by atoms with Crippen molar-refractivity contribution in [1.29, 1.82) is 0 Å². The predicted molar refractivity (Wildman–Crippen MR) is 148 cm³/mol. The van der Waals surface area contributed by atoms with E-state index < -0.39 is 15.9 Å². The van der Waals surface area contributed by atoms with Crippen LogP contribution in [0.2, 0.25) is 10.0 Å². The Morgan fingerprint density at radius 3 is 2.53 bits per heavy atom. The molecule has 200 valence electrons. The minimum Gasteiger partial charge on any atom is -0.486 e. The quantitative estimate of drug-likeness (QED) is 0.302. The zero-order valence-corrected chi connectivity index (χ0v) is 23.2. The highest BCUT2D eigenvalue weighted by Gasteiger charge is 2.42. The fourth-order valence-corrected chi connectivity index (χ4v) is 6.15. The number of pyridine rings is 1. The number of aromatic nitrogens is 5. The van der Waals surface area contributed by atoms with E-state index in [1.807, 2.05) is 37.3 Å². The third kappa shape index (κ3) is 5.42. The molecule has 0 spiro atoms. The molecule has 4 heterocycles. The SMILES string of the molecule is C[C@@H](Oc1ccc2[nH]nc(-c3ccc(N4CC(CN)(CCS(C)(=O)=O)C4)nn3)c2c1)c1c(Cl)cncc1Cl. The maximum absolute atomic E-state index is 11.6. The molecule has 3 N–H and O–H groups in total. The van der Waals surface area contributed by atoms with E-state index in [4.69, 9.17) is 33.7 Å². The Labute approximate surface area is 230 Å². The van der Waals surface area contributed by atoms with Gasteiger partial charge in [-0.2, -0.15) is 5.10 Å². The highest BCUT2D eigenvalue weighted by atomic mass is 35.5. The first-order valence-electron chi connectivity index (χ1n) is 12.0. The van der Waals surface area contributed by atoms with Crippen LogP contribution in [0.5, 0.6) is 5.75 Å². The summed E-state index contributed by atoms with van der Waals surface area (Å²) in [5, 5.41) is 18.0. The van der Waals surface area contributed by atoms with Gasteiger partial charge in [-0.15, -0.1) is 10.2 Å². The normalized spacial score (nSPS) is 15.9. The van der Waals surface area contributed by atoms with Crippen LogP contribution in [0.4, 0.5) is 5.82 Å². The summed E-state index contributed by atoms with van der Waals surface area (Å²) in [6.45, 7) is 3.58. The number of sulfone groups is 1. The van der Waals surface area contributed by atoms with Gasteiger partial charge in [0.2, 0.25) is 0 Å². The molecule has 4 aromatic rings. The molecule has 0 bridgehead atoms. The minimum absolute atomic E-state index is 0.127. The van der Waals surface area contributed by atoms with Crippen molar-refractivity contribution >= 4 is 49.8 Å². The standard InChI is InChI=1S/C25H27Cl2N7O3S/c1-15(23-18(26)10-29-11-19(23)27)37-16-3-4-20-17(9-16)24(33-30-20)21-5-6-22(32-31-21)34-13-25(12-28,14-34)7-8-38(2,35)36/h3-6,9-11,15H,7-8,12-14,28H2,1-2H3,(H,30,33)/t15-/m1/s1. The summed E-state index contributed by atoms with van der Waals surface area (Å²) >= 11 is 12.6. The number of hydrogen-bond acceptors (Lipinski definition) is 9. The molecular weight excluding hydrogens is 549 g/mol. The molecule has 13 heteroatoms. The summed E-state index contributed by atoms with van der Waals surface area (Å²) in [7, 11) is -3.04. The number of halogens is 2. The third-order valence-corrected chi connectivity index (χ3v) is 8.40. The second-order valence-corrected chi connectivity index (χ2v) is 12.8. The molecule has 0 saturated carbocycles. The van der Waals surface area contributed by atoms with Gasteiger partial charge in [-0.3, -0.25) is 10.1 Å². The van der Waals surface area contributed by atoms with Gasteiger partial charge >= 0.3 is 0 Å². The van der Waals surface area contributed by atoms with Crippen LogP contribution in [0.1, 0.15) is 25.0 Å². The summed E-state index contributed by atoms with van der Waals surface area (Å²) < 4.78 is 29.3. The second-order valence-electron chi connectivity index (χ2n) is 9.77. The molecule has 0 radical (unpaired) electrons. The number of ether oxygens (including phenoxy) is 1. The molecule has 0 aliphatic carbocycles. The first kappa shape index (κ1) is 26.6. The third-order valence-electron chi connectivity index (χ3n) is 6.85. The lowest BCUT2D eigenvalue weighted by molar-refractivity contribution is 0.213. The fraction of sp³-hybridized carbons (Fsp3) is 0.360. The van der Waals surface area contributed by atoms with Crippen LogP contribution in [0.25, 0.3) is 22.3 Å². The molecule has 1 aliphatic heterocycles. The Morgan fingerprint density at radius 2 is 1.89 bits per heavy atom. The summed E-state index contributed by atoms with van der Waals surface area (Å²) in [6, 6.07) is 9.36. The van der Waals surface area contributed by atoms with E-state index in [1.54, 1.807) is 0 Å². The molecule has 1 atom stereocenters. The highest BCUT2D eigenvalue weighted by molar-refractivity contribution is 7.90. The average Bonchev–Trinajstić information content (AvgIpc) is 3.26. The van der Waals surface area contributed by atoms with Gasteiger partial charge in [-0.25, -0.2) is 8.42 Å². The molecule has 0 amide bonds. The Bertz CT molecular complexity index is 1550. The lowest BCUT2D eigenvalue weighted by Crippen LogP contribution is -2.60. The van der Waals surface area contributed by atoms with E-state index in [9.17, 15) is 8.42 Å². The van der Waals surface area contributed by atoms with Gasteiger partial charge in [0, 0.05) is 54.6 Å². The van der Waals surface area contributed by atoms with Crippen molar-refractivity contribution in [3.63, 3.8) is 0 Å². The molecule has 1 aromatic carbocycles. The van der Waals surface area contributed by atoms with Crippen LogP contribution in [0.15, 0.2) is 42.7 Å². The number of rotatable bonds is 9. The van der Waals surface area contributed by atoms with Crippen molar-refractivity contribution in [2.24, 2.45) is 11.1 Å². The van der Waals surface area contributed by atoms with E-state index in [0.717, 1.165) is 10.9 Å². The Hall–Kier alpha value is -2.99. The van der Waals surface area contributed by atoms with Crippen LogP contribution in [0.3, 0.4) is 0 Å². The molecule has 1 fully saturated rings. The van der Waals surface area contributed by atoms with E-state index >= 15 is 0 Å². The zero-order chi connectivity index (χ0) is 27.1. The molecular formula is C25H27Cl2N7O3S. The van der Waals surface area contributed by atoms with Gasteiger partial charge in [0.1, 0.15) is 33.1 Å². The van der Waals surface area contributed by atoms with E-state index in [-0.39, 0.29) is 11.2 Å². The van der Waals surface area contributed by atoms with Crippen molar-refractivity contribution in [2.75, 3.05) is 36.5 Å². The largest absolute Gasteiger partial charge is 0.486 e. The lowest BCUT2D eigenvalue weighted by atomic mass is 9.77. The number of nitrogens with zero attached hydrogens (tertiary/aromatic N) is 5. The number of hydrogen-bond donors (Lipinski definition) is 2. The Kier molecular flexibility index (Phi) is 7.21. The molecule has 10 nitrogen and oxygen atoms in total. The lowest BCUT2D eigenvalue weighted by Gasteiger charge is -2.50. The minimum atomic E-state index is -3.04.